The number of hydrogen-bond donors (Lipinski definition) is 2. The molecule has 0 radical (unpaired) electrons. The highest BCUT2D eigenvalue weighted by Gasteiger charge is 2.32. The van der Waals surface area contributed by atoms with Gasteiger partial charge in [0.25, 0.3) is 0 Å². The van der Waals surface area contributed by atoms with Gasteiger partial charge in [-0.1, -0.05) is 11.3 Å². The van der Waals surface area contributed by atoms with Crippen LogP contribution in [0, 0.1) is 0 Å². The van der Waals surface area contributed by atoms with Crippen LogP contribution >= 0.6 is 0 Å². The van der Waals surface area contributed by atoms with Crippen molar-refractivity contribution in [1.29, 1.82) is 0 Å². The quantitative estimate of drug-likeness (QED) is 0.512. The number of carbonyl (C=O) groups is 2. The third-order valence-corrected chi connectivity index (χ3v) is 2.88. The normalized spacial score (nSPS) is 15.1. The van der Waals surface area contributed by atoms with Gasteiger partial charge in [0, 0.05) is 19.6 Å². The van der Waals surface area contributed by atoms with Gasteiger partial charge in [-0.25, -0.2) is 9.48 Å². The second kappa shape index (κ2) is 5.61. The highest BCUT2D eigenvalue weighted by Crippen LogP contribution is 2.20. The van der Waals surface area contributed by atoms with Crippen LogP contribution in [0.3, 0.4) is 0 Å². The Kier molecular flexibility index (Phi) is 3.91. The van der Waals surface area contributed by atoms with Gasteiger partial charge in [0.2, 0.25) is 5.91 Å². The molecule has 2 heterocycles. The van der Waals surface area contributed by atoms with Gasteiger partial charge in [-0.15, -0.1) is 11.7 Å². The number of carboxylic acids is 1. The molecule has 0 aliphatic carbocycles. The standard InChI is InChI=1S/C11H15N5O3/c1-2-3-12-4-10(17)15-5-8(6-15)16-7-9(11(18)19)13-14-16/h2,7-8,12H,1,3-6H2,(H,18,19). The molecule has 1 aliphatic heterocycles. The Labute approximate surface area is 109 Å². The van der Waals surface area contributed by atoms with Gasteiger partial charge in [-0.05, 0) is 0 Å². The molecule has 0 unspecified atom stereocenters. The molecule has 1 saturated heterocycles. The van der Waals surface area contributed by atoms with Crippen molar-refractivity contribution >= 4 is 11.9 Å². The van der Waals surface area contributed by atoms with Crippen LogP contribution < -0.4 is 5.32 Å². The molecule has 1 fully saturated rings. The third kappa shape index (κ3) is 2.97. The molecule has 2 rings (SSSR count). The first kappa shape index (κ1) is 13.2. The average Bonchev–Trinajstić information content (AvgIpc) is 2.77. The van der Waals surface area contributed by atoms with E-state index in [4.69, 9.17) is 5.11 Å². The van der Waals surface area contributed by atoms with Crippen LogP contribution in [0.15, 0.2) is 18.9 Å². The summed E-state index contributed by atoms with van der Waals surface area (Å²) >= 11 is 0. The molecule has 0 atom stereocenters. The number of likely N-dealkylation sites (tertiary alicyclic amines) is 1. The molecule has 0 aromatic carbocycles. The first-order valence-electron chi connectivity index (χ1n) is 5.86. The van der Waals surface area contributed by atoms with E-state index < -0.39 is 5.97 Å². The summed E-state index contributed by atoms with van der Waals surface area (Å²) in [7, 11) is 0. The minimum absolute atomic E-state index is 0.00366. The Hall–Kier alpha value is -2.22. The second-order valence-corrected chi connectivity index (χ2v) is 4.26. The summed E-state index contributed by atoms with van der Waals surface area (Å²) in [6, 6.07) is 0.00366. The summed E-state index contributed by atoms with van der Waals surface area (Å²) in [6.07, 6.45) is 3.07. The summed E-state index contributed by atoms with van der Waals surface area (Å²) in [5, 5.41) is 19.0. The topological polar surface area (TPSA) is 100 Å². The Morgan fingerprint density at radius 1 is 1.58 bits per heavy atom. The van der Waals surface area contributed by atoms with E-state index in [0.717, 1.165) is 0 Å². The molecular weight excluding hydrogens is 250 g/mol. The van der Waals surface area contributed by atoms with Gasteiger partial charge in [0.15, 0.2) is 5.69 Å². The molecule has 1 amide bonds. The van der Waals surface area contributed by atoms with E-state index in [0.29, 0.717) is 19.6 Å². The number of carbonyl (C=O) groups excluding carboxylic acids is 1. The van der Waals surface area contributed by atoms with Crippen molar-refractivity contribution in [3.8, 4) is 0 Å². The molecule has 0 spiro atoms. The highest BCUT2D eigenvalue weighted by atomic mass is 16.4. The molecule has 102 valence electrons. The SMILES string of the molecule is C=CCNCC(=O)N1CC(n2cc(C(=O)O)nn2)C1. The molecule has 1 aliphatic rings. The first-order chi connectivity index (χ1) is 9.11. The maximum absolute atomic E-state index is 11.7. The van der Waals surface area contributed by atoms with Crippen molar-refractivity contribution in [1.82, 2.24) is 25.2 Å². The highest BCUT2D eigenvalue weighted by molar-refractivity contribution is 5.84. The number of rotatable bonds is 6. The Morgan fingerprint density at radius 3 is 2.89 bits per heavy atom. The Bertz CT molecular complexity index is 492. The summed E-state index contributed by atoms with van der Waals surface area (Å²) < 4.78 is 1.49. The minimum atomic E-state index is -1.10. The summed E-state index contributed by atoms with van der Waals surface area (Å²) in [5.41, 5.74) is -0.0857. The molecule has 19 heavy (non-hydrogen) atoms. The molecular formula is C11H15N5O3. The predicted molar refractivity (Wildman–Crippen MR) is 65.7 cm³/mol. The summed E-state index contributed by atoms with van der Waals surface area (Å²) in [6.45, 7) is 5.47. The van der Waals surface area contributed by atoms with Gasteiger partial charge in [-0.2, -0.15) is 0 Å². The lowest BCUT2D eigenvalue weighted by Crippen LogP contribution is -2.53. The zero-order valence-corrected chi connectivity index (χ0v) is 10.3. The Balaban J connectivity index is 1.80. The molecule has 1 aromatic heterocycles. The fourth-order valence-electron chi connectivity index (χ4n) is 1.77. The fraction of sp³-hybridized carbons (Fsp3) is 0.455. The lowest BCUT2D eigenvalue weighted by Gasteiger charge is -2.38. The maximum atomic E-state index is 11.7. The van der Waals surface area contributed by atoms with Crippen LogP contribution in [0.2, 0.25) is 0 Å². The number of amides is 1. The van der Waals surface area contributed by atoms with E-state index in [1.807, 2.05) is 0 Å². The number of hydrogen-bond acceptors (Lipinski definition) is 5. The molecule has 0 bridgehead atoms. The van der Waals surface area contributed by atoms with Gasteiger partial charge in [0.1, 0.15) is 0 Å². The first-order valence-corrected chi connectivity index (χ1v) is 5.86. The van der Waals surface area contributed by atoms with Crippen molar-refractivity contribution in [2.24, 2.45) is 0 Å². The van der Waals surface area contributed by atoms with Gasteiger partial charge in [-0.3, -0.25) is 4.79 Å². The number of carboxylic acid groups (broad SMARTS) is 1. The number of aromatic nitrogens is 3. The summed E-state index contributed by atoms with van der Waals surface area (Å²) in [4.78, 5) is 24.0. The van der Waals surface area contributed by atoms with E-state index in [1.54, 1.807) is 11.0 Å². The van der Waals surface area contributed by atoms with E-state index in [2.05, 4.69) is 22.2 Å². The number of nitrogens with zero attached hydrogens (tertiary/aromatic N) is 4. The lowest BCUT2D eigenvalue weighted by atomic mass is 10.1. The third-order valence-electron chi connectivity index (χ3n) is 2.88. The monoisotopic (exact) mass is 265 g/mol. The van der Waals surface area contributed by atoms with Crippen molar-refractivity contribution in [3.63, 3.8) is 0 Å². The lowest BCUT2D eigenvalue weighted by molar-refractivity contribution is -0.136. The zero-order valence-electron chi connectivity index (χ0n) is 10.3. The zero-order chi connectivity index (χ0) is 13.8. The van der Waals surface area contributed by atoms with Crippen LogP contribution in [-0.2, 0) is 4.79 Å². The Morgan fingerprint density at radius 2 is 2.32 bits per heavy atom. The minimum Gasteiger partial charge on any atom is -0.476 e. The smallest absolute Gasteiger partial charge is 0.358 e. The van der Waals surface area contributed by atoms with Crippen LogP contribution in [0.1, 0.15) is 16.5 Å². The van der Waals surface area contributed by atoms with Crippen LogP contribution in [0.25, 0.3) is 0 Å². The van der Waals surface area contributed by atoms with Gasteiger partial charge < -0.3 is 15.3 Å². The second-order valence-electron chi connectivity index (χ2n) is 4.26. The average molecular weight is 265 g/mol. The predicted octanol–water partition coefficient (Wildman–Crippen LogP) is -0.865. The van der Waals surface area contributed by atoms with E-state index in [1.165, 1.54) is 10.9 Å². The number of nitrogens with one attached hydrogen (secondary N) is 1. The maximum Gasteiger partial charge on any atom is 0.358 e. The van der Waals surface area contributed by atoms with E-state index in [9.17, 15) is 9.59 Å². The molecule has 1 aromatic rings. The van der Waals surface area contributed by atoms with Crippen LogP contribution in [0.4, 0.5) is 0 Å². The van der Waals surface area contributed by atoms with Crippen molar-refractivity contribution in [2.75, 3.05) is 26.2 Å². The van der Waals surface area contributed by atoms with Gasteiger partial charge in [0.05, 0.1) is 18.8 Å². The molecule has 0 saturated carbocycles. The van der Waals surface area contributed by atoms with Gasteiger partial charge >= 0.3 is 5.97 Å². The van der Waals surface area contributed by atoms with Crippen molar-refractivity contribution in [3.05, 3.63) is 24.5 Å². The van der Waals surface area contributed by atoms with Crippen molar-refractivity contribution < 1.29 is 14.7 Å². The molecule has 8 heteroatoms. The largest absolute Gasteiger partial charge is 0.476 e. The molecule has 8 nitrogen and oxygen atoms in total. The van der Waals surface area contributed by atoms with Crippen LogP contribution in [-0.4, -0.2) is 63.1 Å². The van der Waals surface area contributed by atoms with Crippen molar-refractivity contribution in [2.45, 2.75) is 6.04 Å². The summed E-state index contributed by atoms with van der Waals surface area (Å²) in [5.74, 6) is -1.09. The number of aromatic carboxylic acids is 1. The van der Waals surface area contributed by atoms with E-state index in [-0.39, 0.29) is 24.2 Å². The van der Waals surface area contributed by atoms with E-state index >= 15 is 0 Å². The fourth-order valence-corrected chi connectivity index (χ4v) is 1.77. The molecule has 2 N–H and O–H groups in total. The van der Waals surface area contributed by atoms with Crippen LogP contribution in [0.5, 0.6) is 0 Å².